The number of fused-ring (bicyclic) bond motifs is 1. The number of benzene rings is 1. The average Bonchev–Trinajstić information content (AvgIpc) is 2.90. The summed E-state index contributed by atoms with van der Waals surface area (Å²) in [6, 6.07) is 6.13. The molecule has 1 aliphatic rings. The van der Waals surface area contributed by atoms with Gasteiger partial charge in [-0.15, -0.1) is 0 Å². The van der Waals surface area contributed by atoms with E-state index in [-0.39, 0.29) is 12.1 Å². The molecule has 2 heterocycles. The summed E-state index contributed by atoms with van der Waals surface area (Å²) in [6.45, 7) is 5.31. The van der Waals surface area contributed by atoms with Gasteiger partial charge in [-0.1, -0.05) is 6.07 Å². The molecule has 5 heteroatoms. The van der Waals surface area contributed by atoms with E-state index in [9.17, 15) is 4.79 Å². The summed E-state index contributed by atoms with van der Waals surface area (Å²) in [6.07, 6.45) is 0. The average molecular weight is 259 g/mol. The number of amides is 2. The third-order valence-electron chi connectivity index (χ3n) is 3.72. The molecule has 0 N–H and O–H groups in total. The first-order chi connectivity index (χ1) is 9.10. The van der Waals surface area contributed by atoms with Gasteiger partial charge >= 0.3 is 6.03 Å². The molecule has 0 spiro atoms. The van der Waals surface area contributed by atoms with Gasteiger partial charge in [0.1, 0.15) is 5.52 Å². The number of carbonyl (C=O) groups is 1. The highest BCUT2D eigenvalue weighted by Gasteiger charge is 2.34. The molecule has 0 aliphatic carbocycles. The number of urea groups is 1. The monoisotopic (exact) mass is 259 g/mol. The third kappa shape index (κ3) is 1.85. The lowest BCUT2D eigenvalue weighted by atomic mass is 10.1. The van der Waals surface area contributed by atoms with Crippen LogP contribution in [0.2, 0.25) is 0 Å². The van der Waals surface area contributed by atoms with Crippen molar-refractivity contribution in [2.75, 3.05) is 20.1 Å². The molecular weight excluding hydrogens is 242 g/mol. The van der Waals surface area contributed by atoms with Crippen LogP contribution in [0.4, 0.5) is 4.79 Å². The van der Waals surface area contributed by atoms with Crippen molar-refractivity contribution in [2.24, 2.45) is 0 Å². The number of hydrogen-bond donors (Lipinski definition) is 0. The molecule has 0 saturated carbocycles. The summed E-state index contributed by atoms with van der Waals surface area (Å²) in [4.78, 5) is 20.0. The maximum Gasteiger partial charge on any atom is 0.320 e. The van der Waals surface area contributed by atoms with Crippen LogP contribution < -0.4 is 0 Å². The highest BCUT2D eigenvalue weighted by atomic mass is 16.3. The Morgan fingerprint density at radius 3 is 2.95 bits per heavy atom. The summed E-state index contributed by atoms with van der Waals surface area (Å²) in [7, 11) is 1.85. The number of carbonyl (C=O) groups excluding carboxylic acids is 1. The molecule has 19 heavy (non-hydrogen) atoms. The lowest BCUT2D eigenvalue weighted by Crippen LogP contribution is -2.29. The van der Waals surface area contributed by atoms with Crippen LogP contribution in [-0.4, -0.2) is 41.0 Å². The molecule has 1 aliphatic heterocycles. The van der Waals surface area contributed by atoms with Gasteiger partial charge in [0.25, 0.3) is 0 Å². The van der Waals surface area contributed by atoms with Crippen LogP contribution in [0.25, 0.3) is 11.1 Å². The van der Waals surface area contributed by atoms with Gasteiger partial charge < -0.3 is 14.2 Å². The minimum atomic E-state index is 0.0870. The molecule has 2 aromatic rings. The maximum atomic E-state index is 12.0. The first kappa shape index (κ1) is 12.0. The quantitative estimate of drug-likeness (QED) is 0.832. The van der Waals surface area contributed by atoms with Gasteiger partial charge in [0.2, 0.25) is 0 Å². The number of aromatic nitrogens is 1. The fourth-order valence-electron chi connectivity index (χ4n) is 2.63. The second kappa shape index (κ2) is 4.26. The summed E-state index contributed by atoms with van der Waals surface area (Å²) < 4.78 is 5.47. The normalized spacial score (nSPS) is 19.7. The highest BCUT2D eigenvalue weighted by Crippen LogP contribution is 2.29. The van der Waals surface area contributed by atoms with Crippen molar-refractivity contribution in [3.63, 3.8) is 0 Å². The lowest BCUT2D eigenvalue weighted by Gasteiger charge is -2.17. The second-order valence-electron chi connectivity index (χ2n) is 4.91. The number of hydrogen-bond acceptors (Lipinski definition) is 3. The van der Waals surface area contributed by atoms with Crippen LogP contribution in [0.3, 0.4) is 0 Å². The summed E-state index contributed by atoms with van der Waals surface area (Å²) in [5.74, 6) is 0.665. The van der Waals surface area contributed by atoms with E-state index < -0.39 is 0 Å². The van der Waals surface area contributed by atoms with E-state index in [4.69, 9.17) is 4.42 Å². The Balaban J connectivity index is 1.98. The zero-order chi connectivity index (χ0) is 13.6. The summed E-state index contributed by atoms with van der Waals surface area (Å²) >= 11 is 0. The smallest absolute Gasteiger partial charge is 0.320 e. The fraction of sp³-hybridized carbons (Fsp3) is 0.429. The molecule has 1 aromatic heterocycles. The minimum Gasteiger partial charge on any atom is -0.441 e. The molecule has 1 saturated heterocycles. The zero-order valence-electron chi connectivity index (χ0n) is 11.4. The topological polar surface area (TPSA) is 49.6 Å². The van der Waals surface area contributed by atoms with Crippen molar-refractivity contribution >= 4 is 17.1 Å². The van der Waals surface area contributed by atoms with E-state index in [0.29, 0.717) is 5.89 Å². The first-order valence-corrected chi connectivity index (χ1v) is 6.49. The Hall–Kier alpha value is -2.04. The van der Waals surface area contributed by atoms with Gasteiger partial charge in [0, 0.05) is 27.1 Å². The third-order valence-corrected chi connectivity index (χ3v) is 3.72. The zero-order valence-corrected chi connectivity index (χ0v) is 11.4. The molecule has 1 unspecified atom stereocenters. The SMILES string of the molecule is CCN1CC(c2ccc3oc(C)nc3c2)N(C)C1=O. The molecule has 1 atom stereocenters. The van der Waals surface area contributed by atoms with Crippen LogP contribution in [0, 0.1) is 6.92 Å². The Morgan fingerprint density at radius 1 is 1.47 bits per heavy atom. The molecule has 100 valence electrons. The van der Waals surface area contributed by atoms with Crippen molar-refractivity contribution in [3.05, 3.63) is 29.7 Å². The van der Waals surface area contributed by atoms with E-state index in [1.54, 1.807) is 4.90 Å². The van der Waals surface area contributed by atoms with Gasteiger partial charge in [0.05, 0.1) is 6.04 Å². The number of rotatable bonds is 2. The Labute approximate surface area is 111 Å². The van der Waals surface area contributed by atoms with Crippen molar-refractivity contribution < 1.29 is 9.21 Å². The lowest BCUT2D eigenvalue weighted by molar-refractivity contribution is 0.197. The van der Waals surface area contributed by atoms with Crippen molar-refractivity contribution in [1.29, 1.82) is 0 Å². The Morgan fingerprint density at radius 2 is 2.26 bits per heavy atom. The summed E-state index contributed by atoms with van der Waals surface area (Å²) in [5, 5.41) is 0. The Kier molecular flexibility index (Phi) is 2.69. The Bertz CT molecular complexity index is 635. The molecule has 1 aromatic carbocycles. The van der Waals surface area contributed by atoms with Gasteiger partial charge in [-0.25, -0.2) is 9.78 Å². The van der Waals surface area contributed by atoms with Crippen molar-refractivity contribution in [2.45, 2.75) is 19.9 Å². The number of aryl methyl sites for hydroxylation is 1. The van der Waals surface area contributed by atoms with Gasteiger partial charge in [-0.05, 0) is 24.6 Å². The molecular formula is C14H17N3O2. The standard InChI is InChI=1S/C14H17N3O2/c1-4-17-8-12(16(3)14(17)18)10-5-6-13-11(7-10)15-9(2)19-13/h5-7,12H,4,8H2,1-3H3. The number of likely N-dealkylation sites (N-methyl/N-ethyl adjacent to an activating group) is 2. The first-order valence-electron chi connectivity index (χ1n) is 6.49. The molecule has 2 amide bonds. The maximum absolute atomic E-state index is 12.0. The fourth-order valence-corrected chi connectivity index (χ4v) is 2.63. The molecule has 0 bridgehead atoms. The van der Waals surface area contributed by atoms with E-state index in [1.807, 2.05) is 44.0 Å². The van der Waals surface area contributed by atoms with E-state index in [2.05, 4.69) is 4.98 Å². The van der Waals surface area contributed by atoms with E-state index in [0.717, 1.165) is 29.8 Å². The summed E-state index contributed by atoms with van der Waals surface area (Å²) in [5.41, 5.74) is 2.75. The largest absolute Gasteiger partial charge is 0.441 e. The molecule has 0 radical (unpaired) electrons. The van der Waals surface area contributed by atoms with E-state index >= 15 is 0 Å². The van der Waals surface area contributed by atoms with Crippen LogP contribution in [0.1, 0.15) is 24.4 Å². The highest BCUT2D eigenvalue weighted by molar-refractivity contribution is 5.78. The molecule has 5 nitrogen and oxygen atoms in total. The van der Waals surface area contributed by atoms with E-state index in [1.165, 1.54) is 0 Å². The number of nitrogens with zero attached hydrogens (tertiary/aromatic N) is 3. The minimum absolute atomic E-state index is 0.0870. The van der Waals surface area contributed by atoms with Gasteiger partial charge in [-0.2, -0.15) is 0 Å². The van der Waals surface area contributed by atoms with Gasteiger partial charge in [0.15, 0.2) is 11.5 Å². The number of oxazole rings is 1. The predicted octanol–water partition coefficient (Wildman–Crippen LogP) is 2.56. The van der Waals surface area contributed by atoms with Gasteiger partial charge in [-0.3, -0.25) is 0 Å². The van der Waals surface area contributed by atoms with Crippen LogP contribution in [0.5, 0.6) is 0 Å². The van der Waals surface area contributed by atoms with Crippen LogP contribution >= 0.6 is 0 Å². The molecule has 1 fully saturated rings. The van der Waals surface area contributed by atoms with Crippen LogP contribution in [-0.2, 0) is 0 Å². The second-order valence-corrected chi connectivity index (χ2v) is 4.91. The predicted molar refractivity (Wildman–Crippen MR) is 71.9 cm³/mol. The molecule has 3 rings (SSSR count). The van der Waals surface area contributed by atoms with Crippen LogP contribution in [0.15, 0.2) is 22.6 Å². The van der Waals surface area contributed by atoms with Crippen molar-refractivity contribution in [3.8, 4) is 0 Å². The van der Waals surface area contributed by atoms with Crippen molar-refractivity contribution in [1.82, 2.24) is 14.8 Å².